The predicted octanol–water partition coefficient (Wildman–Crippen LogP) is 5.71. The third-order valence-corrected chi connectivity index (χ3v) is 6.98. The Labute approximate surface area is 229 Å². The lowest BCUT2D eigenvalue weighted by Crippen LogP contribution is -2.37. The highest BCUT2D eigenvalue weighted by Gasteiger charge is 2.60. The van der Waals surface area contributed by atoms with Gasteiger partial charge in [0.2, 0.25) is 5.91 Å². The number of carbonyl (C=O) groups excluding carboxylic acids is 2. The Morgan fingerprint density at radius 3 is 2.26 bits per heavy atom. The van der Waals surface area contributed by atoms with Crippen LogP contribution >= 0.6 is 0 Å². The van der Waals surface area contributed by atoms with Crippen molar-refractivity contribution < 1.29 is 28.6 Å². The van der Waals surface area contributed by atoms with Crippen molar-refractivity contribution in [1.82, 2.24) is 0 Å². The van der Waals surface area contributed by atoms with Gasteiger partial charge in [-0.25, -0.2) is 9.96 Å². The maximum absolute atomic E-state index is 13.9. The molecule has 0 unspecified atom stereocenters. The third-order valence-electron chi connectivity index (χ3n) is 6.98. The number of methoxy groups -OCH3 is 1. The van der Waals surface area contributed by atoms with Crippen molar-refractivity contribution in [3.05, 3.63) is 78.4 Å². The molecule has 8 heteroatoms. The van der Waals surface area contributed by atoms with Crippen LogP contribution in [-0.4, -0.2) is 38.2 Å². The van der Waals surface area contributed by atoms with Crippen LogP contribution < -0.4 is 24.2 Å². The first kappa shape index (κ1) is 26.6. The lowest BCUT2D eigenvalue weighted by Gasteiger charge is -2.29. The Morgan fingerprint density at radius 1 is 0.795 bits per heavy atom. The SMILES string of the molecule is CCCCOc1ccc(N2C(=O)[C@@H]3[C@@H](ON(c4ccccc4)[C@H]3c3ccc(OCCC)c(OC)c3)C2=O)cc1. The monoisotopic (exact) mass is 530 g/mol. The molecule has 5 rings (SSSR count). The van der Waals surface area contributed by atoms with Crippen molar-refractivity contribution in [3.63, 3.8) is 0 Å². The van der Waals surface area contributed by atoms with Crippen molar-refractivity contribution in [2.75, 3.05) is 30.3 Å². The summed E-state index contributed by atoms with van der Waals surface area (Å²) in [5.74, 6) is 0.450. The van der Waals surface area contributed by atoms with Crippen LogP contribution in [0.3, 0.4) is 0 Å². The molecule has 0 radical (unpaired) electrons. The van der Waals surface area contributed by atoms with E-state index in [9.17, 15) is 9.59 Å². The number of rotatable bonds is 11. The fraction of sp³-hybridized carbons (Fsp3) is 0.355. The van der Waals surface area contributed by atoms with Crippen LogP contribution in [0.2, 0.25) is 0 Å². The Balaban J connectivity index is 1.48. The van der Waals surface area contributed by atoms with Gasteiger partial charge in [-0.05, 0) is 66.9 Å². The van der Waals surface area contributed by atoms with Gasteiger partial charge >= 0.3 is 0 Å². The molecule has 2 saturated heterocycles. The summed E-state index contributed by atoms with van der Waals surface area (Å²) in [7, 11) is 1.59. The Morgan fingerprint density at radius 2 is 1.56 bits per heavy atom. The predicted molar refractivity (Wildman–Crippen MR) is 148 cm³/mol. The molecule has 0 aliphatic carbocycles. The molecule has 2 amide bonds. The molecule has 2 heterocycles. The number of nitrogens with zero attached hydrogens (tertiary/aromatic N) is 2. The molecular formula is C31H34N2O6. The van der Waals surface area contributed by atoms with Gasteiger partial charge in [-0.2, -0.15) is 0 Å². The Bertz CT molecular complexity index is 1300. The highest BCUT2D eigenvalue weighted by Crippen LogP contribution is 2.48. The number of hydrogen-bond donors (Lipinski definition) is 0. The first-order valence-electron chi connectivity index (χ1n) is 13.5. The summed E-state index contributed by atoms with van der Waals surface area (Å²) in [4.78, 5) is 35.0. The van der Waals surface area contributed by atoms with Gasteiger partial charge in [-0.3, -0.25) is 14.4 Å². The molecule has 204 valence electrons. The summed E-state index contributed by atoms with van der Waals surface area (Å²) in [6.45, 7) is 5.33. The summed E-state index contributed by atoms with van der Waals surface area (Å²) in [6, 6.07) is 21.6. The van der Waals surface area contributed by atoms with E-state index in [4.69, 9.17) is 19.0 Å². The number of hydroxylamine groups is 1. The molecule has 0 saturated carbocycles. The number of para-hydroxylation sites is 1. The van der Waals surface area contributed by atoms with Crippen LogP contribution in [-0.2, 0) is 14.4 Å². The maximum atomic E-state index is 13.9. The zero-order valence-corrected chi connectivity index (χ0v) is 22.5. The summed E-state index contributed by atoms with van der Waals surface area (Å²) < 4.78 is 17.2. The Kier molecular flexibility index (Phi) is 8.02. The van der Waals surface area contributed by atoms with E-state index in [0.29, 0.717) is 36.1 Å². The lowest BCUT2D eigenvalue weighted by atomic mass is 9.90. The van der Waals surface area contributed by atoms with Crippen LogP contribution in [0.25, 0.3) is 0 Å². The zero-order chi connectivity index (χ0) is 27.4. The van der Waals surface area contributed by atoms with E-state index in [2.05, 4.69) is 6.92 Å². The van der Waals surface area contributed by atoms with E-state index in [1.54, 1.807) is 36.4 Å². The average Bonchev–Trinajstić information content (AvgIpc) is 3.48. The molecule has 39 heavy (non-hydrogen) atoms. The fourth-order valence-corrected chi connectivity index (χ4v) is 5.03. The topological polar surface area (TPSA) is 77.5 Å². The molecule has 0 aromatic heterocycles. The summed E-state index contributed by atoms with van der Waals surface area (Å²) in [5, 5.41) is 1.68. The quantitative estimate of drug-likeness (QED) is 0.232. The Hall–Kier alpha value is -4.04. The number of benzene rings is 3. The minimum Gasteiger partial charge on any atom is -0.494 e. The zero-order valence-electron chi connectivity index (χ0n) is 22.5. The normalized spacial score (nSPS) is 20.3. The van der Waals surface area contributed by atoms with Gasteiger partial charge in [0.25, 0.3) is 5.91 Å². The van der Waals surface area contributed by atoms with Crippen molar-refractivity contribution >= 4 is 23.2 Å². The van der Waals surface area contributed by atoms with Gasteiger partial charge in [-0.15, -0.1) is 0 Å². The van der Waals surface area contributed by atoms with Crippen molar-refractivity contribution in [3.8, 4) is 17.2 Å². The molecule has 0 bridgehead atoms. The first-order chi connectivity index (χ1) is 19.1. The minimum absolute atomic E-state index is 0.307. The molecule has 3 atom stereocenters. The maximum Gasteiger partial charge on any atom is 0.266 e. The number of unbranched alkanes of at least 4 members (excludes halogenated alkanes) is 1. The highest BCUT2D eigenvalue weighted by molar-refractivity contribution is 6.23. The number of fused-ring (bicyclic) bond motifs is 1. The van der Waals surface area contributed by atoms with Gasteiger partial charge in [0.05, 0.1) is 37.7 Å². The second-order valence-corrected chi connectivity index (χ2v) is 9.62. The second-order valence-electron chi connectivity index (χ2n) is 9.62. The van der Waals surface area contributed by atoms with E-state index < -0.39 is 18.1 Å². The molecule has 0 N–H and O–H groups in total. The van der Waals surface area contributed by atoms with Gasteiger partial charge < -0.3 is 14.2 Å². The molecule has 2 aliphatic rings. The molecule has 8 nitrogen and oxygen atoms in total. The second kappa shape index (κ2) is 11.8. The van der Waals surface area contributed by atoms with Crippen molar-refractivity contribution in [2.24, 2.45) is 5.92 Å². The minimum atomic E-state index is -0.954. The number of amides is 2. The summed E-state index contributed by atoms with van der Waals surface area (Å²) >= 11 is 0. The van der Waals surface area contributed by atoms with E-state index in [-0.39, 0.29) is 11.8 Å². The van der Waals surface area contributed by atoms with Crippen LogP contribution in [0.5, 0.6) is 17.2 Å². The molecule has 2 aliphatic heterocycles. The number of carbonyl (C=O) groups is 2. The van der Waals surface area contributed by atoms with E-state index in [1.165, 1.54) is 4.90 Å². The average molecular weight is 531 g/mol. The van der Waals surface area contributed by atoms with Crippen LogP contribution in [0.4, 0.5) is 11.4 Å². The van der Waals surface area contributed by atoms with Crippen LogP contribution in [0.1, 0.15) is 44.7 Å². The first-order valence-corrected chi connectivity index (χ1v) is 13.5. The molecule has 2 fully saturated rings. The smallest absolute Gasteiger partial charge is 0.266 e. The molecule has 0 spiro atoms. The van der Waals surface area contributed by atoms with Crippen molar-refractivity contribution in [2.45, 2.75) is 45.3 Å². The van der Waals surface area contributed by atoms with Crippen LogP contribution in [0, 0.1) is 5.92 Å². The van der Waals surface area contributed by atoms with Crippen LogP contribution in [0.15, 0.2) is 72.8 Å². The lowest BCUT2D eigenvalue weighted by molar-refractivity contribution is -0.126. The number of hydrogen-bond acceptors (Lipinski definition) is 7. The third kappa shape index (κ3) is 5.16. The number of ether oxygens (including phenoxy) is 3. The fourth-order valence-electron chi connectivity index (χ4n) is 5.03. The van der Waals surface area contributed by atoms with Gasteiger partial charge in [0.1, 0.15) is 11.7 Å². The molecule has 3 aromatic carbocycles. The molecular weight excluding hydrogens is 496 g/mol. The van der Waals surface area contributed by atoms with Crippen molar-refractivity contribution in [1.29, 1.82) is 0 Å². The largest absolute Gasteiger partial charge is 0.494 e. The summed E-state index contributed by atoms with van der Waals surface area (Å²) in [5.41, 5.74) is 2.04. The van der Waals surface area contributed by atoms with E-state index >= 15 is 0 Å². The summed E-state index contributed by atoms with van der Waals surface area (Å²) in [6.07, 6.45) is 1.91. The van der Waals surface area contributed by atoms with Gasteiger partial charge in [-0.1, -0.05) is 44.5 Å². The van der Waals surface area contributed by atoms with E-state index in [0.717, 1.165) is 30.5 Å². The number of anilines is 2. The van der Waals surface area contributed by atoms with E-state index in [1.807, 2.05) is 55.5 Å². The highest BCUT2D eigenvalue weighted by atomic mass is 16.7. The van der Waals surface area contributed by atoms with Gasteiger partial charge in [0.15, 0.2) is 17.6 Å². The van der Waals surface area contributed by atoms with Gasteiger partial charge in [0, 0.05) is 0 Å². The number of imide groups is 1. The standard InChI is InChI=1S/C31H34N2O6/c1-4-6-19-37-24-15-13-22(14-16-24)32-30(34)27-28(21-12-17-25(38-18-5-2)26(20-21)36-3)33(39-29(27)31(32)35)23-10-8-7-9-11-23/h7-17,20,27-29H,4-6,18-19H2,1-3H3/t27-,28-,29+/m0/s1. The molecule has 3 aromatic rings.